The average Bonchev–Trinajstić information content (AvgIpc) is 3.08. The van der Waals surface area contributed by atoms with Crippen molar-refractivity contribution in [1.29, 1.82) is 0 Å². The van der Waals surface area contributed by atoms with Crippen molar-refractivity contribution in [1.82, 2.24) is 19.9 Å². The van der Waals surface area contributed by atoms with E-state index in [0.717, 1.165) is 17.5 Å². The third-order valence-corrected chi connectivity index (χ3v) is 5.89. The van der Waals surface area contributed by atoms with Crippen LogP contribution in [-0.4, -0.2) is 58.3 Å². The fourth-order valence-electron chi connectivity index (χ4n) is 3.03. The number of aromatic nitrogens is 3. The van der Waals surface area contributed by atoms with Gasteiger partial charge in [0.15, 0.2) is 9.84 Å². The molecule has 0 radical (unpaired) electrons. The molecule has 1 unspecified atom stereocenters. The Balaban J connectivity index is 1.79. The highest BCUT2D eigenvalue weighted by atomic mass is 32.2. The van der Waals surface area contributed by atoms with Gasteiger partial charge in [-0.2, -0.15) is 0 Å². The summed E-state index contributed by atoms with van der Waals surface area (Å²) in [6, 6.07) is 7.24. The monoisotopic (exact) mass is 336 g/mol. The van der Waals surface area contributed by atoms with E-state index in [4.69, 9.17) is 0 Å². The van der Waals surface area contributed by atoms with E-state index in [9.17, 15) is 13.2 Å². The third kappa shape index (κ3) is 3.36. The lowest BCUT2D eigenvalue weighted by atomic mass is 10.2. The molecule has 7 nitrogen and oxygen atoms in total. The summed E-state index contributed by atoms with van der Waals surface area (Å²) in [6.45, 7) is 2.62. The zero-order valence-electron chi connectivity index (χ0n) is 13.1. The third-order valence-electron chi connectivity index (χ3n) is 4.14. The number of hydrogen-bond acceptors (Lipinski definition) is 5. The molecule has 1 amide bonds. The highest BCUT2D eigenvalue weighted by Gasteiger charge is 2.34. The molecule has 8 heteroatoms. The highest BCUT2D eigenvalue weighted by Crippen LogP contribution is 2.19. The Morgan fingerprint density at radius 2 is 2.17 bits per heavy atom. The number of para-hydroxylation sites is 1. The van der Waals surface area contributed by atoms with Crippen LogP contribution in [0.25, 0.3) is 11.0 Å². The maximum absolute atomic E-state index is 12.7. The van der Waals surface area contributed by atoms with Gasteiger partial charge in [0.2, 0.25) is 5.91 Å². The minimum absolute atomic E-state index is 0.0663. The Morgan fingerprint density at radius 3 is 2.87 bits per heavy atom. The molecule has 0 bridgehead atoms. The maximum atomic E-state index is 12.7. The molecular formula is C15H20N4O3S. The molecule has 3 rings (SSSR count). The number of hydrogen-bond donors (Lipinski definition) is 0. The molecule has 2 heterocycles. The first-order valence-electron chi connectivity index (χ1n) is 7.78. The molecule has 1 aromatic carbocycles. The van der Waals surface area contributed by atoms with Crippen LogP contribution in [-0.2, 0) is 21.2 Å². The van der Waals surface area contributed by atoms with Gasteiger partial charge in [0.1, 0.15) is 12.1 Å². The van der Waals surface area contributed by atoms with Gasteiger partial charge in [-0.3, -0.25) is 4.79 Å². The summed E-state index contributed by atoms with van der Waals surface area (Å²) in [5.41, 5.74) is 1.54. The topological polar surface area (TPSA) is 85.2 Å². The summed E-state index contributed by atoms with van der Waals surface area (Å²) in [4.78, 5) is 14.4. The minimum Gasteiger partial charge on any atom is -0.337 e. The molecule has 1 aliphatic heterocycles. The molecule has 0 saturated carbocycles. The van der Waals surface area contributed by atoms with E-state index in [0.29, 0.717) is 13.0 Å². The Hall–Kier alpha value is -1.96. The number of nitrogens with zero attached hydrogens (tertiary/aromatic N) is 4. The molecule has 0 aliphatic carbocycles. The summed E-state index contributed by atoms with van der Waals surface area (Å²) in [5, 5.41) is 8.08. The molecule has 0 spiro atoms. The van der Waals surface area contributed by atoms with E-state index in [2.05, 4.69) is 10.3 Å². The van der Waals surface area contributed by atoms with Crippen LogP contribution in [0, 0.1) is 0 Å². The van der Waals surface area contributed by atoms with Crippen LogP contribution < -0.4 is 0 Å². The summed E-state index contributed by atoms with van der Waals surface area (Å²) in [5.74, 6) is 0.124. The van der Waals surface area contributed by atoms with Gasteiger partial charge in [-0.1, -0.05) is 24.3 Å². The van der Waals surface area contributed by atoms with Crippen LogP contribution in [0.3, 0.4) is 0 Å². The normalized spacial score (nSPS) is 20.0. The van der Waals surface area contributed by atoms with E-state index >= 15 is 0 Å². The fraction of sp³-hybridized carbons (Fsp3) is 0.533. The van der Waals surface area contributed by atoms with E-state index in [1.165, 1.54) is 0 Å². The van der Waals surface area contributed by atoms with Crippen molar-refractivity contribution in [3.8, 4) is 0 Å². The first-order chi connectivity index (χ1) is 11.0. The Labute approximate surface area is 135 Å². The van der Waals surface area contributed by atoms with Crippen molar-refractivity contribution in [3.63, 3.8) is 0 Å². The van der Waals surface area contributed by atoms with Crippen LogP contribution in [0.1, 0.15) is 19.8 Å². The first kappa shape index (κ1) is 15.9. The van der Waals surface area contributed by atoms with E-state index in [-0.39, 0.29) is 30.0 Å². The van der Waals surface area contributed by atoms with Gasteiger partial charge in [-0.05, 0) is 25.0 Å². The molecule has 23 heavy (non-hydrogen) atoms. The lowest BCUT2D eigenvalue weighted by molar-refractivity contribution is -0.133. The standard InChI is InChI=1S/C15H20N4O3S/c1-2-8-18(12-7-9-23(21,22)11-12)15(20)10-19-14-6-4-3-5-13(14)16-17-19/h3-6,12H,2,7-11H2,1H3. The number of sulfone groups is 1. The van der Waals surface area contributed by atoms with Crippen molar-refractivity contribution in [2.24, 2.45) is 0 Å². The van der Waals surface area contributed by atoms with Gasteiger partial charge < -0.3 is 4.90 Å². The molecule has 1 saturated heterocycles. The van der Waals surface area contributed by atoms with Gasteiger partial charge in [0.05, 0.1) is 17.0 Å². The van der Waals surface area contributed by atoms with Gasteiger partial charge >= 0.3 is 0 Å². The minimum atomic E-state index is -3.02. The smallest absolute Gasteiger partial charge is 0.244 e. The van der Waals surface area contributed by atoms with Crippen molar-refractivity contribution in [3.05, 3.63) is 24.3 Å². The predicted octanol–water partition coefficient (Wildman–Crippen LogP) is 0.857. The van der Waals surface area contributed by atoms with Crippen LogP contribution in [0.15, 0.2) is 24.3 Å². The van der Waals surface area contributed by atoms with Crippen molar-refractivity contribution in [2.75, 3.05) is 18.1 Å². The molecule has 1 aromatic heterocycles. The number of fused-ring (bicyclic) bond motifs is 1. The zero-order chi connectivity index (χ0) is 16.4. The summed E-state index contributed by atoms with van der Waals surface area (Å²) < 4.78 is 25.0. The van der Waals surface area contributed by atoms with Crippen molar-refractivity contribution >= 4 is 26.8 Å². The number of carbonyl (C=O) groups is 1. The van der Waals surface area contributed by atoms with Gasteiger partial charge in [-0.15, -0.1) is 5.10 Å². The molecule has 1 fully saturated rings. The molecule has 1 aliphatic rings. The number of benzene rings is 1. The van der Waals surface area contributed by atoms with Crippen molar-refractivity contribution in [2.45, 2.75) is 32.4 Å². The first-order valence-corrected chi connectivity index (χ1v) is 9.60. The van der Waals surface area contributed by atoms with E-state index < -0.39 is 9.84 Å². The lowest BCUT2D eigenvalue weighted by Gasteiger charge is -2.27. The zero-order valence-corrected chi connectivity index (χ0v) is 13.9. The van der Waals surface area contributed by atoms with E-state index in [1.54, 1.807) is 9.58 Å². The second-order valence-electron chi connectivity index (χ2n) is 5.88. The summed E-state index contributed by atoms with van der Waals surface area (Å²) >= 11 is 0. The Kier molecular flexibility index (Phi) is 4.34. The lowest BCUT2D eigenvalue weighted by Crippen LogP contribution is -2.43. The molecule has 1 atom stereocenters. The maximum Gasteiger partial charge on any atom is 0.244 e. The van der Waals surface area contributed by atoms with Gasteiger partial charge in [0, 0.05) is 12.6 Å². The van der Waals surface area contributed by atoms with Crippen molar-refractivity contribution < 1.29 is 13.2 Å². The summed E-state index contributed by atoms with van der Waals surface area (Å²) in [6.07, 6.45) is 1.31. The predicted molar refractivity (Wildman–Crippen MR) is 86.6 cm³/mol. The summed E-state index contributed by atoms with van der Waals surface area (Å²) in [7, 11) is -3.02. The SMILES string of the molecule is CCCN(C(=O)Cn1nnc2ccccc21)C1CCS(=O)(=O)C1. The molecule has 0 N–H and O–H groups in total. The largest absolute Gasteiger partial charge is 0.337 e. The number of amides is 1. The van der Waals surface area contributed by atoms with Crippen LogP contribution in [0.4, 0.5) is 0 Å². The second-order valence-corrected chi connectivity index (χ2v) is 8.11. The van der Waals surface area contributed by atoms with Crippen LogP contribution in [0.5, 0.6) is 0 Å². The van der Waals surface area contributed by atoms with Crippen LogP contribution in [0.2, 0.25) is 0 Å². The van der Waals surface area contributed by atoms with Gasteiger partial charge in [-0.25, -0.2) is 13.1 Å². The number of carbonyl (C=O) groups excluding carboxylic acids is 1. The Bertz CT molecular complexity index is 815. The number of rotatable bonds is 5. The van der Waals surface area contributed by atoms with Crippen LogP contribution >= 0.6 is 0 Å². The quantitative estimate of drug-likeness (QED) is 0.808. The van der Waals surface area contributed by atoms with Gasteiger partial charge in [0.25, 0.3) is 0 Å². The van der Waals surface area contributed by atoms with E-state index in [1.807, 2.05) is 31.2 Å². The second kappa shape index (κ2) is 6.27. The average molecular weight is 336 g/mol. The molecule has 2 aromatic rings. The molecular weight excluding hydrogens is 316 g/mol. The Morgan fingerprint density at radius 1 is 1.39 bits per heavy atom. The molecule has 124 valence electrons. The fourth-order valence-corrected chi connectivity index (χ4v) is 4.76. The highest BCUT2D eigenvalue weighted by molar-refractivity contribution is 7.91.